The lowest BCUT2D eigenvalue weighted by Gasteiger charge is -2.35. The van der Waals surface area contributed by atoms with Gasteiger partial charge in [-0.05, 0) is 104 Å². The molecular formula is C58H80Cl2N8O7Si. The van der Waals surface area contributed by atoms with Crippen molar-refractivity contribution >= 4 is 49.6 Å². The van der Waals surface area contributed by atoms with Gasteiger partial charge in [0.15, 0.2) is 8.32 Å². The summed E-state index contributed by atoms with van der Waals surface area (Å²) in [6.45, 7) is 32.5. The van der Waals surface area contributed by atoms with E-state index in [1.54, 1.807) is 41.4 Å². The number of carbonyl (C=O) groups is 3. The van der Waals surface area contributed by atoms with E-state index in [1.807, 2.05) is 88.6 Å². The average molecular weight is 1100 g/mol. The van der Waals surface area contributed by atoms with Crippen LogP contribution in [0.4, 0.5) is 0 Å². The van der Waals surface area contributed by atoms with Crippen LogP contribution in [0, 0.1) is 0 Å². The number of amides is 2. The fourth-order valence-electron chi connectivity index (χ4n) is 6.75. The molecule has 0 saturated carbocycles. The molecule has 6 rings (SSSR count). The van der Waals surface area contributed by atoms with Gasteiger partial charge in [-0.25, -0.2) is 20.4 Å². The van der Waals surface area contributed by atoms with Gasteiger partial charge in [-0.1, -0.05) is 134 Å². The average Bonchev–Trinajstić information content (AvgIpc) is 4.05. The number of hydrogen-bond donors (Lipinski definition) is 6. The number of aliphatic hydroxyl groups excluding tert-OH is 1. The lowest BCUT2D eigenvalue weighted by atomic mass is 9.96. The molecule has 0 saturated heterocycles. The molecule has 0 aliphatic heterocycles. The zero-order valence-corrected chi connectivity index (χ0v) is 49.5. The van der Waals surface area contributed by atoms with E-state index in [1.165, 1.54) is 0 Å². The van der Waals surface area contributed by atoms with Crippen molar-refractivity contribution in [2.45, 2.75) is 144 Å². The molecule has 0 radical (unpaired) electrons. The van der Waals surface area contributed by atoms with E-state index in [0.717, 1.165) is 51.6 Å². The summed E-state index contributed by atoms with van der Waals surface area (Å²) in [6, 6.07) is 26.0. The van der Waals surface area contributed by atoms with Crippen LogP contribution in [0.25, 0.3) is 22.5 Å². The standard InChI is InChI=1S/C26H33ClN4O3.C24H29ClN4O2.C8H18O2Si/c1-17(2)34-23-11-10-20(14-21(23)27)24(33)30-31(12-13-32)16-18-6-8-19(9-7-18)22-15-28-25(29-22)26(3,4)5;1-15(2)31-21-11-10-18(12-19(21)25)22(30)29-27-13-16-6-8-17(9-7-16)20-14-26-23(28-20)24(3,4)5;1-8(2,3)11(4,5)10-7-6-9/h6-11,14-15,17,32H,12-13,16H2,1-5H3,(H,28,29)(H,30,33);6-12,14-15,27H,13H2,1-5H3,(H,26,28)(H,29,30);6H,7H2,1-5H3. The third-order valence-corrected chi connectivity index (χ3v) is 17.1. The first-order valence-electron chi connectivity index (χ1n) is 25.5. The van der Waals surface area contributed by atoms with Crippen LogP contribution in [0.15, 0.2) is 97.3 Å². The maximum absolute atomic E-state index is 12.8. The number of hydrogen-bond acceptors (Lipinski definition) is 11. The van der Waals surface area contributed by atoms with Gasteiger partial charge in [0.25, 0.3) is 11.8 Å². The lowest BCUT2D eigenvalue weighted by Crippen LogP contribution is -2.43. The molecule has 0 aliphatic rings. The Bertz CT molecular complexity index is 2790. The highest BCUT2D eigenvalue weighted by Gasteiger charge is 2.36. The number of aromatic nitrogens is 4. The molecule has 412 valence electrons. The van der Waals surface area contributed by atoms with Crippen molar-refractivity contribution in [3.05, 3.63) is 141 Å². The van der Waals surface area contributed by atoms with Gasteiger partial charge in [-0.3, -0.25) is 20.4 Å². The maximum atomic E-state index is 12.8. The summed E-state index contributed by atoms with van der Waals surface area (Å²) in [6.07, 6.45) is 4.52. The summed E-state index contributed by atoms with van der Waals surface area (Å²) in [5.41, 5.74) is 15.4. The van der Waals surface area contributed by atoms with Crippen molar-refractivity contribution in [1.29, 1.82) is 0 Å². The molecule has 15 nitrogen and oxygen atoms in total. The Morgan fingerprint density at radius 3 is 1.53 bits per heavy atom. The number of hydrazine groups is 2. The van der Waals surface area contributed by atoms with Gasteiger partial charge < -0.3 is 33.8 Å². The van der Waals surface area contributed by atoms with Gasteiger partial charge >= 0.3 is 0 Å². The third-order valence-electron chi connectivity index (χ3n) is 12.0. The fourth-order valence-corrected chi connectivity index (χ4v) is 8.12. The monoisotopic (exact) mass is 1100 g/mol. The van der Waals surface area contributed by atoms with Crippen LogP contribution < -0.4 is 25.8 Å². The Hall–Kier alpha value is -5.85. The smallest absolute Gasteiger partial charge is 0.265 e. The molecule has 0 spiro atoms. The van der Waals surface area contributed by atoms with E-state index >= 15 is 0 Å². The molecule has 0 aliphatic carbocycles. The number of imidazole rings is 2. The Labute approximate surface area is 461 Å². The van der Waals surface area contributed by atoms with E-state index in [2.05, 4.69) is 112 Å². The second kappa shape index (κ2) is 28.0. The minimum absolute atomic E-state index is 0.0130. The van der Waals surface area contributed by atoms with Crippen LogP contribution in [0.1, 0.15) is 134 Å². The second-order valence-corrected chi connectivity index (χ2v) is 28.1. The molecule has 6 N–H and O–H groups in total. The van der Waals surface area contributed by atoms with Crippen molar-refractivity contribution in [1.82, 2.24) is 41.2 Å². The molecule has 2 heterocycles. The molecule has 76 heavy (non-hydrogen) atoms. The summed E-state index contributed by atoms with van der Waals surface area (Å²) in [5.74, 6) is 2.42. The summed E-state index contributed by atoms with van der Waals surface area (Å²) in [5, 5.41) is 12.1. The van der Waals surface area contributed by atoms with E-state index in [0.29, 0.717) is 45.8 Å². The van der Waals surface area contributed by atoms with Crippen LogP contribution in [0.5, 0.6) is 11.5 Å². The van der Waals surface area contributed by atoms with Crippen LogP contribution >= 0.6 is 23.2 Å². The van der Waals surface area contributed by atoms with E-state index in [-0.39, 0.29) is 59.6 Å². The molecule has 0 bridgehead atoms. The largest absolute Gasteiger partial charge is 0.489 e. The number of aliphatic hydroxyl groups is 1. The molecular weight excluding hydrogens is 1020 g/mol. The molecule has 6 aromatic rings. The number of H-pyrrole nitrogens is 2. The fraction of sp³-hybridized carbons (Fsp3) is 0.431. The number of carbonyl (C=O) groups excluding carboxylic acids is 3. The summed E-state index contributed by atoms with van der Waals surface area (Å²) >= 11 is 12.5. The topological polar surface area (TPSA) is 196 Å². The van der Waals surface area contributed by atoms with Crippen molar-refractivity contribution in [2.24, 2.45) is 0 Å². The minimum Gasteiger partial charge on any atom is -0.489 e. The minimum atomic E-state index is -1.66. The number of benzene rings is 4. The van der Waals surface area contributed by atoms with Gasteiger partial charge in [-0.15, -0.1) is 0 Å². The second-order valence-electron chi connectivity index (χ2n) is 22.4. The highest BCUT2D eigenvalue weighted by Crippen LogP contribution is 2.36. The summed E-state index contributed by atoms with van der Waals surface area (Å²) in [7, 11) is -1.66. The molecule has 2 aromatic heterocycles. The van der Waals surface area contributed by atoms with Gasteiger partial charge in [0.1, 0.15) is 29.4 Å². The first-order valence-corrected chi connectivity index (χ1v) is 29.2. The first kappa shape index (κ1) is 62.7. The Morgan fingerprint density at radius 2 is 1.14 bits per heavy atom. The molecule has 4 aromatic carbocycles. The Kier molecular flexibility index (Phi) is 23.1. The predicted molar refractivity (Wildman–Crippen MR) is 308 cm³/mol. The Morgan fingerprint density at radius 1 is 0.697 bits per heavy atom. The predicted octanol–water partition coefficient (Wildman–Crippen LogP) is 12.4. The Balaban J connectivity index is 0.000000276. The van der Waals surface area contributed by atoms with Crippen molar-refractivity contribution in [3.8, 4) is 34.0 Å². The van der Waals surface area contributed by atoms with Crippen LogP contribution in [0.2, 0.25) is 28.2 Å². The summed E-state index contributed by atoms with van der Waals surface area (Å²) < 4.78 is 16.7. The molecule has 0 atom stereocenters. The molecule has 0 fully saturated rings. The van der Waals surface area contributed by atoms with Gasteiger partial charge in [0.2, 0.25) is 0 Å². The van der Waals surface area contributed by atoms with Crippen molar-refractivity contribution in [2.75, 3.05) is 19.8 Å². The van der Waals surface area contributed by atoms with E-state index in [4.69, 9.17) is 37.1 Å². The zero-order valence-electron chi connectivity index (χ0n) is 47.0. The SMILES string of the molecule is CC(C)(C)[Si](C)(C)OCC=O.CC(C)Oc1ccc(C(=O)NN(CCO)Cc2ccc(-c3cnc(C(C)(C)C)[nH]3)cc2)cc1Cl.CC(C)Oc1ccc(C(=O)NNCc2ccc(-c3cnc(C(C)(C)C)[nH]3)cc2)cc1Cl. The summed E-state index contributed by atoms with van der Waals surface area (Å²) in [4.78, 5) is 50.9. The molecule has 2 amide bonds. The van der Waals surface area contributed by atoms with Crippen LogP contribution in [-0.2, 0) is 33.1 Å². The van der Waals surface area contributed by atoms with Crippen molar-refractivity contribution < 1.29 is 33.4 Å². The lowest BCUT2D eigenvalue weighted by molar-refractivity contribution is -0.109. The quantitative estimate of drug-likeness (QED) is 0.0257. The van der Waals surface area contributed by atoms with Crippen LogP contribution in [-0.4, -0.2) is 88.4 Å². The number of ether oxygens (including phenoxy) is 2. The number of aldehydes is 1. The van der Waals surface area contributed by atoms with Crippen LogP contribution in [0.3, 0.4) is 0 Å². The number of halogens is 2. The molecule has 18 heteroatoms. The van der Waals surface area contributed by atoms with Crippen molar-refractivity contribution in [3.63, 3.8) is 0 Å². The van der Waals surface area contributed by atoms with E-state index < -0.39 is 8.32 Å². The highest BCUT2D eigenvalue weighted by atomic mass is 35.5. The number of aromatic amines is 2. The van der Waals surface area contributed by atoms with Gasteiger partial charge in [0, 0.05) is 41.6 Å². The normalized spacial score (nSPS) is 11.9. The van der Waals surface area contributed by atoms with Gasteiger partial charge in [-0.2, -0.15) is 0 Å². The van der Waals surface area contributed by atoms with Gasteiger partial charge in [0.05, 0.1) is 59.2 Å². The number of nitrogens with zero attached hydrogens (tertiary/aromatic N) is 3. The highest BCUT2D eigenvalue weighted by molar-refractivity contribution is 6.74. The maximum Gasteiger partial charge on any atom is 0.265 e. The van der Waals surface area contributed by atoms with E-state index in [9.17, 15) is 19.5 Å². The number of nitrogens with one attached hydrogen (secondary N) is 5. The third kappa shape index (κ3) is 19.6. The number of rotatable bonds is 19. The zero-order chi connectivity index (χ0) is 56.6. The molecule has 0 unspecified atom stereocenters. The first-order chi connectivity index (χ1) is 35.5.